The van der Waals surface area contributed by atoms with Gasteiger partial charge in [-0.1, -0.05) is 6.42 Å². The highest BCUT2D eigenvalue weighted by Gasteiger charge is 2.38. The number of amides is 2. The molecule has 32 heavy (non-hydrogen) atoms. The maximum atomic E-state index is 13.7. The third-order valence-electron chi connectivity index (χ3n) is 5.68. The van der Waals surface area contributed by atoms with Gasteiger partial charge in [0, 0.05) is 24.8 Å². The molecule has 0 radical (unpaired) electrons. The van der Waals surface area contributed by atoms with E-state index in [1.54, 1.807) is 0 Å². The van der Waals surface area contributed by atoms with Crippen molar-refractivity contribution in [3.05, 3.63) is 23.8 Å². The summed E-state index contributed by atoms with van der Waals surface area (Å²) in [7, 11) is 0. The predicted octanol–water partition coefficient (Wildman–Crippen LogP) is 2.45. The number of ether oxygens (including phenoxy) is 1. The molecule has 3 rings (SSSR count). The maximum Gasteiger partial charge on any atom is 0.418 e. The van der Waals surface area contributed by atoms with E-state index in [9.17, 15) is 31.5 Å². The van der Waals surface area contributed by atoms with Crippen molar-refractivity contribution >= 4 is 23.2 Å². The Hall–Kier alpha value is -2.31. The summed E-state index contributed by atoms with van der Waals surface area (Å²) in [6, 6.07) is 1.65. The number of hydrogen-bond donors (Lipinski definition) is 2. The van der Waals surface area contributed by atoms with E-state index in [-0.39, 0.29) is 38.0 Å². The molecule has 178 valence electrons. The van der Waals surface area contributed by atoms with Crippen LogP contribution in [0.3, 0.4) is 0 Å². The van der Waals surface area contributed by atoms with E-state index in [0.29, 0.717) is 12.8 Å². The highest BCUT2D eigenvalue weighted by atomic mass is 19.4. The second kappa shape index (κ2) is 10.1. The number of rotatable bonds is 8. The standard InChI is InChI=1S/C20H25F5N4O3/c21-17(22)10-29(12-2-1-3-12)16(9-26)19(31)27-15-5-4-13(8-14(15)20(23,24)25)28-6-7-32-11-18(28)30/h4-5,8,12,16-17H,1-3,6-7,9-11,26H2,(H,27,31)/t16-/m1/s1. The number of nitrogens with zero attached hydrogens (tertiary/aromatic N) is 2. The molecule has 1 aromatic rings. The predicted molar refractivity (Wildman–Crippen MR) is 106 cm³/mol. The van der Waals surface area contributed by atoms with Crippen LogP contribution in [0.5, 0.6) is 0 Å². The summed E-state index contributed by atoms with van der Waals surface area (Å²) < 4.78 is 72.3. The zero-order valence-electron chi connectivity index (χ0n) is 17.2. The van der Waals surface area contributed by atoms with Crippen LogP contribution >= 0.6 is 0 Å². The van der Waals surface area contributed by atoms with Crippen LogP contribution in [0.2, 0.25) is 0 Å². The van der Waals surface area contributed by atoms with E-state index in [4.69, 9.17) is 10.5 Å². The second-order valence-corrected chi connectivity index (χ2v) is 7.74. The molecular weight excluding hydrogens is 439 g/mol. The van der Waals surface area contributed by atoms with Crippen molar-refractivity contribution < 1.29 is 36.3 Å². The van der Waals surface area contributed by atoms with Gasteiger partial charge in [0.2, 0.25) is 5.91 Å². The minimum absolute atomic E-state index is 0.0211. The first-order valence-corrected chi connectivity index (χ1v) is 10.3. The number of nitrogens with one attached hydrogen (secondary N) is 1. The SMILES string of the molecule is NC[C@H](C(=O)Nc1ccc(N2CCOCC2=O)cc1C(F)(F)F)N(CC(F)F)C1CCC1. The smallest absolute Gasteiger partial charge is 0.370 e. The molecular formula is C20H25F5N4O3. The minimum Gasteiger partial charge on any atom is -0.370 e. The maximum absolute atomic E-state index is 13.7. The number of anilines is 2. The highest BCUT2D eigenvalue weighted by molar-refractivity contribution is 5.98. The third kappa shape index (κ3) is 5.54. The molecule has 1 aromatic carbocycles. The molecule has 12 heteroatoms. The number of carbonyl (C=O) groups excluding carboxylic acids is 2. The van der Waals surface area contributed by atoms with E-state index in [2.05, 4.69) is 5.32 Å². The molecule has 2 aliphatic rings. The highest BCUT2D eigenvalue weighted by Crippen LogP contribution is 2.38. The number of benzene rings is 1. The molecule has 2 amide bonds. The lowest BCUT2D eigenvalue weighted by molar-refractivity contribution is -0.137. The zero-order chi connectivity index (χ0) is 23.5. The summed E-state index contributed by atoms with van der Waals surface area (Å²) in [5, 5.41) is 2.21. The van der Waals surface area contributed by atoms with E-state index in [0.717, 1.165) is 18.6 Å². The largest absolute Gasteiger partial charge is 0.418 e. The van der Waals surface area contributed by atoms with Crippen LogP contribution in [0.1, 0.15) is 24.8 Å². The molecule has 0 unspecified atom stereocenters. The third-order valence-corrected chi connectivity index (χ3v) is 5.68. The first-order valence-electron chi connectivity index (χ1n) is 10.3. The molecule has 0 spiro atoms. The molecule has 7 nitrogen and oxygen atoms in total. The number of morpholine rings is 1. The van der Waals surface area contributed by atoms with Gasteiger partial charge in [-0.25, -0.2) is 8.78 Å². The lowest BCUT2D eigenvalue weighted by Crippen LogP contribution is -2.56. The number of carbonyl (C=O) groups is 2. The Morgan fingerprint density at radius 3 is 2.56 bits per heavy atom. The van der Waals surface area contributed by atoms with Gasteiger partial charge in [-0.05, 0) is 31.0 Å². The lowest BCUT2D eigenvalue weighted by Gasteiger charge is -2.41. The normalized spacial score (nSPS) is 18.8. The quantitative estimate of drug-likeness (QED) is 0.578. The fourth-order valence-electron chi connectivity index (χ4n) is 3.85. The van der Waals surface area contributed by atoms with Gasteiger partial charge in [-0.15, -0.1) is 0 Å². The number of halogens is 5. The summed E-state index contributed by atoms with van der Waals surface area (Å²) in [5.41, 5.74) is 3.99. The van der Waals surface area contributed by atoms with Crippen molar-refractivity contribution in [2.24, 2.45) is 5.73 Å². The van der Waals surface area contributed by atoms with Gasteiger partial charge in [-0.2, -0.15) is 13.2 Å². The molecule has 1 atom stereocenters. The Morgan fingerprint density at radius 1 is 1.31 bits per heavy atom. The summed E-state index contributed by atoms with van der Waals surface area (Å²) >= 11 is 0. The molecule has 1 saturated carbocycles. The van der Waals surface area contributed by atoms with Crippen LogP contribution in [-0.2, 0) is 20.5 Å². The number of alkyl halides is 5. The lowest BCUT2D eigenvalue weighted by atomic mass is 9.90. The van der Waals surface area contributed by atoms with Crippen molar-refractivity contribution in [2.75, 3.05) is 43.1 Å². The van der Waals surface area contributed by atoms with Gasteiger partial charge >= 0.3 is 6.18 Å². The Morgan fingerprint density at radius 2 is 2.03 bits per heavy atom. The van der Waals surface area contributed by atoms with E-state index in [1.807, 2.05) is 0 Å². The van der Waals surface area contributed by atoms with Crippen LogP contribution in [-0.4, -0.2) is 68.1 Å². The molecule has 0 bridgehead atoms. The van der Waals surface area contributed by atoms with Crippen LogP contribution in [0.15, 0.2) is 18.2 Å². The van der Waals surface area contributed by atoms with Crippen molar-refractivity contribution in [1.29, 1.82) is 0 Å². The Labute approximate surface area is 181 Å². The van der Waals surface area contributed by atoms with Crippen molar-refractivity contribution in [3.63, 3.8) is 0 Å². The molecule has 1 aliphatic carbocycles. The van der Waals surface area contributed by atoms with Crippen LogP contribution in [0, 0.1) is 0 Å². The van der Waals surface area contributed by atoms with Gasteiger partial charge in [0.15, 0.2) is 0 Å². The first-order chi connectivity index (χ1) is 15.1. The van der Waals surface area contributed by atoms with E-state index in [1.165, 1.54) is 15.9 Å². The summed E-state index contributed by atoms with van der Waals surface area (Å²) in [5.74, 6) is -1.37. The topological polar surface area (TPSA) is 87.9 Å². The van der Waals surface area contributed by atoms with Gasteiger partial charge in [0.25, 0.3) is 12.3 Å². The number of nitrogens with two attached hydrogens (primary N) is 1. The second-order valence-electron chi connectivity index (χ2n) is 7.74. The molecule has 0 aromatic heterocycles. The van der Waals surface area contributed by atoms with Gasteiger partial charge in [0.05, 0.1) is 24.4 Å². The average Bonchev–Trinajstić information content (AvgIpc) is 2.66. The first kappa shape index (κ1) is 24.3. The summed E-state index contributed by atoms with van der Waals surface area (Å²) in [6.45, 7) is -0.966. The van der Waals surface area contributed by atoms with Crippen LogP contribution < -0.4 is 16.0 Å². The molecule has 1 aliphatic heterocycles. The average molecular weight is 464 g/mol. The van der Waals surface area contributed by atoms with Crippen molar-refractivity contribution in [3.8, 4) is 0 Å². The Kier molecular flexibility index (Phi) is 7.67. The number of hydrogen-bond acceptors (Lipinski definition) is 5. The molecule has 2 fully saturated rings. The fourth-order valence-corrected chi connectivity index (χ4v) is 3.85. The molecule has 1 heterocycles. The Bertz CT molecular complexity index is 832. The van der Waals surface area contributed by atoms with Gasteiger partial charge < -0.3 is 20.7 Å². The Balaban J connectivity index is 1.85. The van der Waals surface area contributed by atoms with Crippen molar-refractivity contribution in [1.82, 2.24) is 4.90 Å². The summed E-state index contributed by atoms with van der Waals surface area (Å²) in [6.07, 6.45) is -5.49. The minimum atomic E-state index is -4.83. The monoisotopic (exact) mass is 464 g/mol. The van der Waals surface area contributed by atoms with Gasteiger partial charge in [-0.3, -0.25) is 14.5 Å². The molecule has 3 N–H and O–H groups in total. The van der Waals surface area contributed by atoms with Crippen LogP contribution in [0.25, 0.3) is 0 Å². The van der Waals surface area contributed by atoms with Crippen molar-refractivity contribution in [2.45, 2.75) is 43.9 Å². The van der Waals surface area contributed by atoms with E-state index < -0.39 is 48.3 Å². The fraction of sp³-hybridized carbons (Fsp3) is 0.600. The summed E-state index contributed by atoms with van der Waals surface area (Å²) in [4.78, 5) is 27.2. The zero-order valence-corrected chi connectivity index (χ0v) is 17.2. The molecule has 1 saturated heterocycles. The van der Waals surface area contributed by atoms with Gasteiger partial charge in [0.1, 0.15) is 12.6 Å². The van der Waals surface area contributed by atoms with E-state index >= 15 is 0 Å². The van der Waals surface area contributed by atoms with Crippen LogP contribution in [0.4, 0.5) is 33.3 Å².